The van der Waals surface area contributed by atoms with Crippen LogP contribution in [-0.4, -0.2) is 24.0 Å². The number of para-hydroxylation sites is 2. The number of methoxy groups -OCH3 is 1. The van der Waals surface area contributed by atoms with Crippen LogP contribution >= 0.6 is 0 Å². The Bertz CT molecular complexity index is 1250. The first-order chi connectivity index (χ1) is 15.1. The van der Waals surface area contributed by atoms with Gasteiger partial charge in [0.25, 0.3) is 0 Å². The lowest BCUT2D eigenvalue weighted by Crippen LogP contribution is -2.08. The number of fused-ring (bicyclic) bond motifs is 3. The maximum absolute atomic E-state index is 13.3. The third-order valence-corrected chi connectivity index (χ3v) is 5.58. The molecule has 1 aromatic heterocycles. The summed E-state index contributed by atoms with van der Waals surface area (Å²) in [5.41, 5.74) is 3.79. The van der Waals surface area contributed by atoms with E-state index in [2.05, 4.69) is 4.74 Å². The predicted octanol–water partition coefficient (Wildman–Crippen LogP) is 5.60. The molecule has 0 saturated carbocycles. The van der Waals surface area contributed by atoms with Gasteiger partial charge >= 0.3 is 5.97 Å². The number of Topliss-reactive ketones (excluding diaryl/α,β-unsaturated/α-hetero) is 1. The van der Waals surface area contributed by atoms with E-state index in [4.69, 9.17) is 4.42 Å². The Balaban J connectivity index is 1.73. The first kappa shape index (κ1) is 20.7. The highest BCUT2D eigenvalue weighted by atomic mass is 16.5. The molecule has 158 valence electrons. The molecule has 0 aliphatic heterocycles. The van der Waals surface area contributed by atoms with Crippen LogP contribution in [0.15, 0.2) is 65.1 Å². The van der Waals surface area contributed by atoms with Gasteiger partial charge in [-0.05, 0) is 48.6 Å². The number of aryl methyl sites for hydroxylation is 2. The number of benzene rings is 3. The van der Waals surface area contributed by atoms with Gasteiger partial charge < -0.3 is 14.3 Å². The van der Waals surface area contributed by atoms with Gasteiger partial charge in [-0.25, -0.2) is 0 Å². The molecule has 0 radical (unpaired) electrons. The van der Waals surface area contributed by atoms with Crippen LogP contribution in [0.4, 0.5) is 0 Å². The van der Waals surface area contributed by atoms with Gasteiger partial charge in [-0.1, -0.05) is 42.5 Å². The molecule has 0 saturated heterocycles. The van der Waals surface area contributed by atoms with Gasteiger partial charge in [0.1, 0.15) is 16.9 Å². The molecular weight excluding hydrogens is 392 g/mol. The molecule has 4 aromatic rings. The van der Waals surface area contributed by atoms with Gasteiger partial charge in [0.15, 0.2) is 5.78 Å². The highest BCUT2D eigenvalue weighted by Crippen LogP contribution is 2.34. The fourth-order valence-electron chi connectivity index (χ4n) is 4.00. The second kappa shape index (κ2) is 9.04. The van der Waals surface area contributed by atoms with Crippen molar-refractivity contribution < 1.29 is 23.8 Å². The summed E-state index contributed by atoms with van der Waals surface area (Å²) >= 11 is 0. The van der Waals surface area contributed by atoms with E-state index in [1.165, 1.54) is 7.11 Å². The number of rotatable bonds is 8. The van der Waals surface area contributed by atoms with Gasteiger partial charge in [0.2, 0.25) is 0 Å². The number of ether oxygens (including phenoxy) is 1. The third kappa shape index (κ3) is 4.31. The summed E-state index contributed by atoms with van der Waals surface area (Å²) in [5, 5.41) is 11.8. The molecule has 31 heavy (non-hydrogen) atoms. The van der Waals surface area contributed by atoms with Crippen molar-refractivity contribution in [3.63, 3.8) is 0 Å². The smallest absolute Gasteiger partial charge is 0.305 e. The molecular formula is C26H24O5. The quantitative estimate of drug-likeness (QED) is 0.299. The van der Waals surface area contributed by atoms with Crippen molar-refractivity contribution in [1.29, 1.82) is 0 Å². The van der Waals surface area contributed by atoms with Gasteiger partial charge in [-0.15, -0.1) is 0 Å². The molecule has 0 aliphatic rings. The minimum Gasteiger partial charge on any atom is -0.508 e. The van der Waals surface area contributed by atoms with Crippen molar-refractivity contribution in [1.82, 2.24) is 0 Å². The minimum atomic E-state index is -0.320. The number of aromatic hydroxyl groups is 1. The van der Waals surface area contributed by atoms with Crippen LogP contribution in [0.2, 0.25) is 0 Å². The van der Waals surface area contributed by atoms with E-state index in [1.807, 2.05) is 48.5 Å². The Morgan fingerprint density at radius 2 is 1.61 bits per heavy atom. The zero-order chi connectivity index (χ0) is 21.8. The van der Waals surface area contributed by atoms with Crippen LogP contribution in [0, 0.1) is 0 Å². The normalized spacial score (nSPS) is 11.1. The van der Waals surface area contributed by atoms with Gasteiger partial charge in [0.05, 0.1) is 7.11 Å². The average molecular weight is 416 g/mol. The Morgan fingerprint density at radius 1 is 0.871 bits per heavy atom. The van der Waals surface area contributed by atoms with E-state index < -0.39 is 0 Å². The lowest BCUT2D eigenvalue weighted by Gasteiger charge is -2.11. The van der Waals surface area contributed by atoms with Crippen molar-refractivity contribution in [2.24, 2.45) is 0 Å². The highest BCUT2D eigenvalue weighted by molar-refractivity contribution is 6.17. The first-order valence-electron chi connectivity index (χ1n) is 10.4. The summed E-state index contributed by atoms with van der Waals surface area (Å²) in [7, 11) is 1.35. The van der Waals surface area contributed by atoms with Crippen LogP contribution < -0.4 is 0 Å². The Morgan fingerprint density at radius 3 is 2.42 bits per heavy atom. The number of phenols is 1. The number of furan rings is 1. The Labute approximate surface area is 180 Å². The van der Waals surface area contributed by atoms with Gasteiger partial charge in [-0.2, -0.15) is 0 Å². The van der Waals surface area contributed by atoms with Crippen LogP contribution in [0.25, 0.3) is 21.9 Å². The second-order valence-corrected chi connectivity index (χ2v) is 7.55. The van der Waals surface area contributed by atoms with Gasteiger partial charge in [-0.3, -0.25) is 9.59 Å². The molecule has 0 fully saturated rings. The van der Waals surface area contributed by atoms with Crippen molar-refractivity contribution in [2.75, 3.05) is 7.11 Å². The SMILES string of the molecule is COC(=O)CCCC(=O)c1c(CCc2ccccc2O)ccc2oc3ccccc3c12. The molecule has 0 aliphatic carbocycles. The van der Waals surface area contributed by atoms with Crippen molar-refractivity contribution in [3.05, 3.63) is 77.4 Å². The van der Waals surface area contributed by atoms with Gasteiger partial charge in [0, 0.05) is 29.2 Å². The summed E-state index contributed by atoms with van der Waals surface area (Å²) in [5.74, 6) is -0.0869. The molecule has 0 bridgehead atoms. The summed E-state index contributed by atoms with van der Waals surface area (Å²) in [4.78, 5) is 24.8. The Kier molecular flexibility index (Phi) is 6.03. The summed E-state index contributed by atoms with van der Waals surface area (Å²) in [6.45, 7) is 0. The second-order valence-electron chi connectivity index (χ2n) is 7.55. The third-order valence-electron chi connectivity index (χ3n) is 5.58. The van der Waals surface area contributed by atoms with Crippen molar-refractivity contribution in [3.8, 4) is 5.75 Å². The molecule has 0 atom stereocenters. The standard InChI is InChI=1S/C26H24O5/c1-30-24(29)12-6-10-21(28)25-18(14-13-17-7-2-4-9-20(17)27)15-16-23-26(25)19-8-3-5-11-22(19)31-23/h2-5,7-9,11,15-16,27H,6,10,12-14H2,1H3. The van der Waals surface area contributed by atoms with Crippen LogP contribution in [0.1, 0.15) is 40.7 Å². The van der Waals surface area contributed by atoms with E-state index in [1.54, 1.807) is 12.1 Å². The summed E-state index contributed by atoms with van der Waals surface area (Å²) in [6.07, 6.45) is 2.09. The maximum Gasteiger partial charge on any atom is 0.305 e. The predicted molar refractivity (Wildman–Crippen MR) is 119 cm³/mol. The molecule has 4 rings (SSSR count). The average Bonchev–Trinajstić information content (AvgIpc) is 3.16. The van der Waals surface area contributed by atoms with Crippen LogP contribution in [-0.2, 0) is 22.4 Å². The fraction of sp³-hybridized carbons (Fsp3) is 0.231. The number of carbonyl (C=O) groups is 2. The monoisotopic (exact) mass is 416 g/mol. The molecule has 0 unspecified atom stereocenters. The van der Waals surface area contributed by atoms with E-state index in [9.17, 15) is 14.7 Å². The fourth-order valence-corrected chi connectivity index (χ4v) is 4.00. The first-order valence-corrected chi connectivity index (χ1v) is 10.4. The highest BCUT2D eigenvalue weighted by Gasteiger charge is 2.20. The number of hydrogen-bond donors (Lipinski definition) is 1. The molecule has 3 aromatic carbocycles. The topological polar surface area (TPSA) is 76.7 Å². The summed E-state index contributed by atoms with van der Waals surface area (Å²) < 4.78 is 10.7. The number of phenolic OH excluding ortho intramolecular Hbond substituents is 1. The molecule has 1 heterocycles. The van der Waals surface area contributed by atoms with Crippen LogP contribution in [0.3, 0.4) is 0 Å². The zero-order valence-electron chi connectivity index (χ0n) is 17.4. The molecule has 0 amide bonds. The minimum absolute atomic E-state index is 0.0201. The van der Waals surface area contributed by atoms with Crippen LogP contribution in [0.5, 0.6) is 5.75 Å². The molecule has 5 nitrogen and oxygen atoms in total. The molecule has 1 N–H and O–H groups in total. The summed E-state index contributed by atoms with van der Waals surface area (Å²) in [6, 6.07) is 18.7. The number of esters is 1. The zero-order valence-corrected chi connectivity index (χ0v) is 17.4. The number of ketones is 1. The Hall–Kier alpha value is -3.60. The molecule has 0 spiro atoms. The number of carbonyl (C=O) groups excluding carboxylic acids is 2. The van der Waals surface area contributed by atoms with E-state index >= 15 is 0 Å². The molecule has 5 heteroatoms. The largest absolute Gasteiger partial charge is 0.508 e. The van der Waals surface area contributed by atoms with E-state index in [0.717, 1.165) is 27.5 Å². The van der Waals surface area contributed by atoms with E-state index in [0.29, 0.717) is 30.4 Å². The van der Waals surface area contributed by atoms with Crippen molar-refractivity contribution in [2.45, 2.75) is 32.1 Å². The lowest BCUT2D eigenvalue weighted by molar-refractivity contribution is -0.140. The number of hydrogen-bond acceptors (Lipinski definition) is 5. The van der Waals surface area contributed by atoms with Crippen molar-refractivity contribution >= 4 is 33.7 Å². The lowest BCUT2D eigenvalue weighted by atomic mass is 9.91. The maximum atomic E-state index is 13.3. The van der Waals surface area contributed by atoms with E-state index in [-0.39, 0.29) is 30.3 Å².